The number of carbonyl (C=O) groups excluding carboxylic acids is 2. The number of likely N-dealkylation sites (tertiary alicyclic amines) is 1. The van der Waals surface area contributed by atoms with Crippen LogP contribution in [0.3, 0.4) is 0 Å². The number of hydrogen-bond donors (Lipinski definition) is 2. The summed E-state index contributed by atoms with van der Waals surface area (Å²) >= 11 is 0. The van der Waals surface area contributed by atoms with Crippen LogP contribution in [0.5, 0.6) is 0 Å². The number of hydrogen-bond acceptors (Lipinski definition) is 3. The molecule has 2 unspecified atom stereocenters. The molecule has 98 valence electrons. The Morgan fingerprint density at radius 1 is 1.29 bits per heavy atom. The summed E-state index contributed by atoms with van der Waals surface area (Å²) in [4.78, 5) is 25.3. The van der Waals surface area contributed by atoms with Gasteiger partial charge in [0.1, 0.15) is 6.04 Å². The Balaban J connectivity index is 2.29. The summed E-state index contributed by atoms with van der Waals surface area (Å²) < 4.78 is 0. The number of amides is 2. The van der Waals surface area contributed by atoms with Gasteiger partial charge in [-0.3, -0.25) is 9.59 Å². The molecule has 2 atom stereocenters. The van der Waals surface area contributed by atoms with Gasteiger partial charge in [0.25, 0.3) is 0 Å². The van der Waals surface area contributed by atoms with E-state index in [2.05, 4.69) is 5.32 Å². The SMILES string of the molecule is CC(N)CCC(=O)NC(C)C(=O)N1CCCC1. The summed E-state index contributed by atoms with van der Waals surface area (Å²) in [7, 11) is 0. The molecule has 0 bridgehead atoms. The second-order valence-corrected chi connectivity index (χ2v) is 4.84. The number of nitrogens with zero attached hydrogens (tertiary/aromatic N) is 1. The molecular weight excluding hydrogens is 218 g/mol. The topological polar surface area (TPSA) is 75.4 Å². The molecule has 3 N–H and O–H groups in total. The van der Waals surface area contributed by atoms with Crippen molar-refractivity contribution in [3.05, 3.63) is 0 Å². The molecule has 5 nitrogen and oxygen atoms in total. The van der Waals surface area contributed by atoms with Crippen LogP contribution in [0, 0.1) is 0 Å². The van der Waals surface area contributed by atoms with E-state index in [0.29, 0.717) is 12.8 Å². The second-order valence-electron chi connectivity index (χ2n) is 4.84. The Hall–Kier alpha value is -1.10. The molecule has 0 saturated carbocycles. The van der Waals surface area contributed by atoms with Gasteiger partial charge in [0.05, 0.1) is 0 Å². The van der Waals surface area contributed by atoms with Gasteiger partial charge in [-0.05, 0) is 33.1 Å². The van der Waals surface area contributed by atoms with E-state index in [1.165, 1.54) is 0 Å². The zero-order valence-corrected chi connectivity index (χ0v) is 10.7. The molecule has 0 radical (unpaired) electrons. The summed E-state index contributed by atoms with van der Waals surface area (Å²) in [6, 6.07) is -0.404. The molecular formula is C12H23N3O2. The fourth-order valence-corrected chi connectivity index (χ4v) is 1.95. The largest absolute Gasteiger partial charge is 0.345 e. The van der Waals surface area contributed by atoms with Crippen LogP contribution in [-0.4, -0.2) is 41.9 Å². The molecule has 17 heavy (non-hydrogen) atoms. The maximum Gasteiger partial charge on any atom is 0.244 e. The fraction of sp³-hybridized carbons (Fsp3) is 0.833. The van der Waals surface area contributed by atoms with Crippen LogP contribution in [0.1, 0.15) is 39.5 Å². The minimum Gasteiger partial charge on any atom is -0.345 e. The third-order valence-corrected chi connectivity index (χ3v) is 2.99. The van der Waals surface area contributed by atoms with Gasteiger partial charge in [0.2, 0.25) is 11.8 Å². The number of rotatable bonds is 5. The molecule has 2 amide bonds. The van der Waals surface area contributed by atoms with Crippen molar-refractivity contribution in [1.82, 2.24) is 10.2 Å². The number of nitrogens with one attached hydrogen (secondary N) is 1. The highest BCUT2D eigenvalue weighted by Crippen LogP contribution is 2.09. The van der Waals surface area contributed by atoms with Crippen molar-refractivity contribution in [1.29, 1.82) is 0 Å². The van der Waals surface area contributed by atoms with E-state index in [0.717, 1.165) is 25.9 Å². The lowest BCUT2D eigenvalue weighted by Gasteiger charge is -2.21. The second kappa shape index (κ2) is 6.59. The van der Waals surface area contributed by atoms with Crippen LogP contribution >= 0.6 is 0 Å². The highest BCUT2D eigenvalue weighted by Gasteiger charge is 2.24. The van der Waals surface area contributed by atoms with Crippen molar-refractivity contribution in [2.24, 2.45) is 5.73 Å². The third-order valence-electron chi connectivity index (χ3n) is 2.99. The van der Waals surface area contributed by atoms with E-state index in [4.69, 9.17) is 5.73 Å². The van der Waals surface area contributed by atoms with Crippen molar-refractivity contribution in [3.63, 3.8) is 0 Å². The van der Waals surface area contributed by atoms with Gasteiger partial charge < -0.3 is 16.0 Å². The lowest BCUT2D eigenvalue weighted by molar-refractivity contribution is -0.135. The standard InChI is InChI=1S/C12H23N3O2/c1-9(13)5-6-11(16)14-10(2)12(17)15-7-3-4-8-15/h9-10H,3-8,13H2,1-2H3,(H,14,16). The molecule has 0 aromatic rings. The summed E-state index contributed by atoms with van der Waals surface area (Å²) in [5.41, 5.74) is 5.58. The highest BCUT2D eigenvalue weighted by molar-refractivity contribution is 5.87. The normalized spacial score (nSPS) is 18.9. The summed E-state index contributed by atoms with van der Waals surface area (Å²) in [6.45, 7) is 5.24. The van der Waals surface area contributed by atoms with Crippen LogP contribution in [0.2, 0.25) is 0 Å². The quantitative estimate of drug-likeness (QED) is 0.724. The van der Waals surface area contributed by atoms with Crippen LogP contribution in [-0.2, 0) is 9.59 Å². The Morgan fingerprint density at radius 3 is 2.41 bits per heavy atom. The first kappa shape index (κ1) is 14.0. The van der Waals surface area contributed by atoms with Gasteiger partial charge in [-0.1, -0.05) is 0 Å². The van der Waals surface area contributed by atoms with E-state index in [9.17, 15) is 9.59 Å². The zero-order valence-electron chi connectivity index (χ0n) is 10.7. The molecule has 0 aromatic carbocycles. The van der Waals surface area contributed by atoms with Crippen molar-refractivity contribution in [2.45, 2.75) is 51.6 Å². The highest BCUT2D eigenvalue weighted by atomic mass is 16.2. The number of nitrogens with two attached hydrogens (primary N) is 1. The van der Waals surface area contributed by atoms with Crippen molar-refractivity contribution >= 4 is 11.8 Å². The van der Waals surface area contributed by atoms with Crippen LogP contribution < -0.4 is 11.1 Å². The summed E-state index contributed by atoms with van der Waals surface area (Å²) in [5.74, 6) is -0.0704. The predicted molar refractivity (Wildman–Crippen MR) is 66.3 cm³/mol. The molecule has 0 aliphatic carbocycles. The van der Waals surface area contributed by atoms with Gasteiger partial charge in [0, 0.05) is 25.6 Å². The Bertz CT molecular complexity index is 273. The Labute approximate surface area is 103 Å². The minimum absolute atomic E-state index is 0.0188. The van der Waals surface area contributed by atoms with E-state index in [1.807, 2.05) is 11.8 Å². The van der Waals surface area contributed by atoms with Crippen LogP contribution in [0.25, 0.3) is 0 Å². The average molecular weight is 241 g/mol. The van der Waals surface area contributed by atoms with E-state index in [-0.39, 0.29) is 17.9 Å². The van der Waals surface area contributed by atoms with Gasteiger partial charge in [-0.25, -0.2) is 0 Å². The summed E-state index contributed by atoms with van der Waals surface area (Å²) in [5, 5.41) is 2.73. The molecule has 1 rings (SSSR count). The van der Waals surface area contributed by atoms with Crippen LogP contribution in [0.4, 0.5) is 0 Å². The average Bonchev–Trinajstić information content (AvgIpc) is 2.78. The van der Waals surface area contributed by atoms with E-state index >= 15 is 0 Å². The van der Waals surface area contributed by atoms with E-state index in [1.54, 1.807) is 6.92 Å². The molecule has 1 fully saturated rings. The van der Waals surface area contributed by atoms with Crippen molar-refractivity contribution in [2.75, 3.05) is 13.1 Å². The first-order valence-electron chi connectivity index (χ1n) is 6.34. The molecule has 1 aliphatic rings. The van der Waals surface area contributed by atoms with Gasteiger partial charge in [0.15, 0.2) is 0 Å². The first-order chi connectivity index (χ1) is 8.00. The zero-order chi connectivity index (χ0) is 12.8. The first-order valence-corrected chi connectivity index (χ1v) is 6.34. The maximum absolute atomic E-state index is 11.9. The lowest BCUT2D eigenvalue weighted by atomic mass is 10.2. The van der Waals surface area contributed by atoms with Gasteiger partial charge in [-0.2, -0.15) is 0 Å². The van der Waals surface area contributed by atoms with Crippen molar-refractivity contribution < 1.29 is 9.59 Å². The van der Waals surface area contributed by atoms with Gasteiger partial charge >= 0.3 is 0 Å². The predicted octanol–water partition coefficient (Wildman–Crippen LogP) is 0.241. The smallest absolute Gasteiger partial charge is 0.244 e. The van der Waals surface area contributed by atoms with Crippen molar-refractivity contribution in [3.8, 4) is 0 Å². The maximum atomic E-state index is 11.9. The lowest BCUT2D eigenvalue weighted by Crippen LogP contribution is -2.46. The minimum atomic E-state index is -0.423. The van der Waals surface area contributed by atoms with E-state index < -0.39 is 6.04 Å². The Morgan fingerprint density at radius 2 is 1.88 bits per heavy atom. The van der Waals surface area contributed by atoms with Crippen LogP contribution in [0.15, 0.2) is 0 Å². The summed E-state index contributed by atoms with van der Waals surface area (Å²) in [6.07, 6.45) is 3.17. The molecule has 1 heterocycles. The number of carbonyl (C=O) groups is 2. The molecule has 1 saturated heterocycles. The third kappa shape index (κ3) is 4.73. The molecule has 0 aromatic heterocycles. The molecule has 0 spiro atoms. The monoisotopic (exact) mass is 241 g/mol. The molecule has 5 heteroatoms. The molecule has 1 aliphatic heterocycles. The Kier molecular flexibility index (Phi) is 5.41. The fourth-order valence-electron chi connectivity index (χ4n) is 1.95. The van der Waals surface area contributed by atoms with Gasteiger partial charge in [-0.15, -0.1) is 0 Å².